The monoisotopic (exact) mass is 253 g/mol. The van der Waals surface area contributed by atoms with E-state index in [0.717, 1.165) is 25.7 Å². The molecule has 5 heteroatoms. The molecule has 0 atom stereocenters. The molecule has 0 radical (unpaired) electrons. The van der Waals surface area contributed by atoms with Gasteiger partial charge in [-0.2, -0.15) is 0 Å². The molecule has 0 spiro atoms. The molecule has 1 aromatic rings. The maximum Gasteiger partial charge on any atom is 0.226 e. The molecule has 2 rings (SSSR count). The maximum absolute atomic E-state index is 11.8. The van der Waals surface area contributed by atoms with Crippen LogP contribution >= 0.6 is 11.6 Å². The summed E-state index contributed by atoms with van der Waals surface area (Å²) in [5.74, 6) is -0.0586. The molecule has 1 aromatic heterocycles. The van der Waals surface area contributed by atoms with Gasteiger partial charge in [-0.05, 0) is 25.0 Å². The number of amides is 1. The molecule has 17 heavy (non-hydrogen) atoms. The molecule has 3 N–H and O–H groups in total. The van der Waals surface area contributed by atoms with Gasteiger partial charge in [0.05, 0.1) is 0 Å². The van der Waals surface area contributed by atoms with E-state index in [1.807, 2.05) is 0 Å². The van der Waals surface area contributed by atoms with Gasteiger partial charge in [-0.15, -0.1) is 0 Å². The van der Waals surface area contributed by atoms with Gasteiger partial charge in [0.1, 0.15) is 5.15 Å². The maximum atomic E-state index is 11.8. The Morgan fingerprint density at radius 3 is 2.88 bits per heavy atom. The smallest absolute Gasteiger partial charge is 0.226 e. The van der Waals surface area contributed by atoms with E-state index in [1.54, 1.807) is 18.3 Å². The first kappa shape index (κ1) is 12.3. The van der Waals surface area contributed by atoms with Crippen LogP contribution in [0.1, 0.15) is 32.1 Å². The van der Waals surface area contributed by atoms with Crippen LogP contribution in [0, 0.1) is 0 Å². The lowest BCUT2D eigenvalue weighted by atomic mass is 9.94. The molecule has 92 valence electrons. The normalized spacial score (nSPS) is 18.0. The molecule has 0 bridgehead atoms. The van der Waals surface area contributed by atoms with Crippen LogP contribution in [-0.2, 0) is 4.79 Å². The van der Waals surface area contributed by atoms with Crippen molar-refractivity contribution in [2.75, 3.05) is 5.32 Å². The Hall–Kier alpha value is -1.13. The number of nitrogens with zero attached hydrogens (tertiary/aromatic N) is 1. The third-order valence-electron chi connectivity index (χ3n) is 3.12. The van der Waals surface area contributed by atoms with Gasteiger partial charge in [0.25, 0.3) is 0 Å². The first-order valence-corrected chi connectivity index (χ1v) is 6.16. The van der Waals surface area contributed by atoms with E-state index in [9.17, 15) is 4.79 Å². The van der Waals surface area contributed by atoms with Crippen LogP contribution in [0.3, 0.4) is 0 Å². The summed E-state index contributed by atoms with van der Waals surface area (Å²) in [5, 5.41) is 3.16. The molecule has 1 saturated carbocycles. The lowest BCUT2D eigenvalue weighted by Crippen LogP contribution is -2.40. The zero-order chi connectivity index (χ0) is 12.3. The molecule has 1 aliphatic carbocycles. The summed E-state index contributed by atoms with van der Waals surface area (Å²) in [7, 11) is 0. The van der Waals surface area contributed by atoms with Crippen LogP contribution in [0.15, 0.2) is 18.3 Å². The molecular weight excluding hydrogens is 238 g/mol. The van der Waals surface area contributed by atoms with Crippen molar-refractivity contribution in [3.8, 4) is 0 Å². The fourth-order valence-electron chi connectivity index (χ4n) is 2.26. The molecule has 0 aromatic carbocycles. The number of carbonyl (C=O) groups excluding carboxylic acids is 1. The number of hydrogen-bond donors (Lipinski definition) is 2. The Kier molecular flexibility index (Phi) is 3.64. The van der Waals surface area contributed by atoms with Crippen molar-refractivity contribution >= 4 is 23.2 Å². The first-order valence-electron chi connectivity index (χ1n) is 5.78. The zero-order valence-electron chi connectivity index (χ0n) is 9.58. The second-order valence-corrected chi connectivity index (χ2v) is 5.05. The summed E-state index contributed by atoms with van der Waals surface area (Å²) in [4.78, 5) is 15.7. The third kappa shape index (κ3) is 3.41. The lowest BCUT2D eigenvalue weighted by molar-refractivity contribution is -0.117. The van der Waals surface area contributed by atoms with Crippen molar-refractivity contribution in [1.29, 1.82) is 0 Å². The van der Waals surface area contributed by atoms with E-state index in [2.05, 4.69) is 10.3 Å². The molecule has 0 aliphatic heterocycles. The van der Waals surface area contributed by atoms with Crippen LogP contribution in [0.25, 0.3) is 0 Å². The number of nitrogens with two attached hydrogens (primary N) is 1. The quantitative estimate of drug-likeness (QED) is 0.813. The van der Waals surface area contributed by atoms with Crippen molar-refractivity contribution in [2.45, 2.75) is 37.6 Å². The number of carbonyl (C=O) groups is 1. The Morgan fingerprint density at radius 1 is 1.53 bits per heavy atom. The van der Waals surface area contributed by atoms with Crippen molar-refractivity contribution in [2.24, 2.45) is 5.73 Å². The molecule has 1 aliphatic rings. The predicted octanol–water partition coefficient (Wildman–Crippen LogP) is 2.34. The molecule has 1 fully saturated rings. The minimum absolute atomic E-state index is 0.0586. The van der Waals surface area contributed by atoms with Gasteiger partial charge in [0.15, 0.2) is 0 Å². The van der Waals surface area contributed by atoms with Gasteiger partial charge in [-0.1, -0.05) is 24.4 Å². The average molecular weight is 254 g/mol. The Morgan fingerprint density at radius 2 is 2.24 bits per heavy atom. The largest absolute Gasteiger partial charge is 0.326 e. The van der Waals surface area contributed by atoms with Gasteiger partial charge in [-0.25, -0.2) is 4.98 Å². The van der Waals surface area contributed by atoms with Gasteiger partial charge in [0, 0.05) is 23.8 Å². The van der Waals surface area contributed by atoms with Gasteiger partial charge < -0.3 is 11.1 Å². The minimum Gasteiger partial charge on any atom is -0.326 e. The molecule has 0 saturated heterocycles. The Labute approximate surface area is 106 Å². The molecule has 0 unspecified atom stereocenters. The van der Waals surface area contributed by atoms with E-state index >= 15 is 0 Å². The third-order valence-corrected chi connectivity index (χ3v) is 3.33. The first-order chi connectivity index (χ1) is 8.07. The average Bonchev–Trinajstić information content (AvgIpc) is 2.64. The Bertz CT molecular complexity index is 416. The summed E-state index contributed by atoms with van der Waals surface area (Å²) in [5.41, 5.74) is 6.49. The molecule has 4 nitrogen and oxygen atoms in total. The van der Waals surface area contributed by atoms with Gasteiger partial charge in [-0.3, -0.25) is 4.79 Å². The van der Waals surface area contributed by atoms with Crippen molar-refractivity contribution in [3.05, 3.63) is 23.5 Å². The molecular formula is C12H16ClN3O. The van der Waals surface area contributed by atoms with Crippen molar-refractivity contribution in [1.82, 2.24) is 4.98 Å². The minimum atomic E-state index is -0.319. The predicted molar refractivity (Wildman–Crippen MR) is 67.9 cm³/mol. The highest BCUT2D eigenvalue weighted by Crippen LogP contribution is 2.30. The second kappa shape index (κ2) is 5.02. The number of aromatic nitrogens is 1. The van der Waals surface area contributed by atoms with E-state index in [1.165, 1.54) is 0 Å². The number of nitrogens with one attached hydrogen (secondary N) is 1. The number of pyridine rings is 1. The van der Waals surface area contributed by atoms with Gasteiger partial charge >= 0.3 is 0 Å². The highest BCUT2D eigenvalue weighted by atomic mass is 35.5. The van der Waals surface area contributed by atoms with Crippen LogP contribution < -0.4 is 11.1 Å². The second-order valence-electron chi connectivity index (χ2n) is 4.66. The fraction of sp³-hybridized carbons (Fsp3) is 0.500. The number of halogens is 1. The molecule has 1 heterocycles. The number of hydrogen-bond acceptors (Lipinski definition) is 3. The van der Waals surface area contributed by atoms with Crippen molar-refractivity contribution in [3.63, 3.8) is 0 Å². The highest BCUT2D eigenvalue weighted by molar-refractivity contribution is 6.29. The summed E-state index contributed by atoms with van der Waals surface area (Å²) in [6.45, 7) is 0. The highest BCUT2D eigenvalue weighted by Gasteiger charge is 2.31. The number of rotatable bonds is 3. The van der Waals surface area contributed by atoms with Crippen molar-refractivity contribution < 1.29 is 4.79 Å². The van der Waals surface area contributed by atoms with Gasteiger partial charge in [0.2, 0.25) is 5.91 Å². The van der Waals surface area contributed by atoms with E-state index in [-0.39, 0.29) is 11.4 Å². The van der Waals surface area contributed by atoms with E-state index < -0.39 is 0 Å². The standard InChI is InChI=1S/C12H16ClN3O/c13-10-7-9(3-6-15-10)16-11(17)8-12(14)4-1-2-5-12/h3,6-7H,1-2,4-5,8,14H2,(H,15,16,17). The van der Waals surface area contributed by atoms with E-state index in [4.69, 9.17) is 17.3 Å². The lowest BCUT2D eigenvalue weighted by Gasteiger charge is -2.22. The Balaban J connectivity index is 1.93. The summed E-state index contributed by atoms with van der Waals surface area (Å²) < 4.78 is 0. The van der Waals surface area contributed by atoms with Crippen LogP contribution in [0.2, 0.25) is 5.15 Å². The summed E-state index contributed by atoms with van der Waals surface area (Å²) in [6, 6.07) is 3.33. The molecule has 1 amide bonds. The van der Waals surface area contributed by atoms with Crippen LogP contribution in [0.5, 0.6) is 0 Å². The summed E-state index contributed by atoms with van der Waals surface area (Å²) >= 11 is 5.74. The topological polar surface area (TPSA) is 68.0 Å². The fourth-order valence-corrected chi connectivity index (χ4v) is 2.43. The zero-order valence-corrected chi connectivity index (χ0v) is 10.3. The SMILES string of the molecule is NC1(CC(=O)Nc2ccnc(Cl)c2)CCCC1. The number of anilines is 1. The van der Waals surface area contributed by atoms with Crippen LogP contribution in [0.4, 0.5) is 5.69 Å². The van der Waals surface area contributed by atoms with E-state index in [0.29, 0.717) is 17.3 Å². The van der Waals surface area contributed by atoms with Crippen LogP contribution in [-0.4, -0.2) is 16.4 Å². The summed E-state index contributed by atoms with van der Waals surface area (Å²) in [6.07, 6.45) is 6.02.